The predicted octanol–water partition coefficient (Wildman–Crippen LogP) is 24.1. The van der Waals surface area contributed by atoms with E-state index in [0.717, 1.165) is 108 Å². The van der Waals surface area contributed by atoms with Crippen LogP contribution < -0.4 is 0 Å². The second kappa shape index (κ2) is 71.3. The monoisotopic (exact) mass is 1470 g/mol. The third kappa shape index (κ3) is 73.0. The maximum Gasteiger partial charge on any atom is 0.472 e. The van der Waals surface area contributed by atoms with Crippen molar-refractivity contribution in [3.05, 3.63) is 0 Å². The molecule has 17 nitrogen and oxygen atoms in total. The van der Waals surface area contributed by atoms with Crippen LogP contribution in [0.4, 0.5) is 0 Å². The van der Waals surface area contributed by atoms with Gasteiger partial charge in [0.1, 0.15) is 19.3 Å². The summed E-state index contributed by atoms with van der Waals surface area (Å²) in [5.41, 5.74) is 0. The first kappa shape index (κ1) is 98.1. The Bertz CT molecular complexity index is 1940. The maximum absolute atomic E-state index is 13.1. The molecule has 3 unspecified atom stereocenters. The molecule has 0 fully saturated rings. The van der Waals surface area contributed by atoms with Gasteiger partial charge in [0.2, 0.25) is 0 Å². The molecule has 0 bridgehead atoms. The molecule has 0 saturated carbocycles. The number of ether oxygens (including phenoxy) is 4. The van der Waals surface area contributed by atoms with Crippen molar-refractivity contribution >= 4 is 39.5 Å². The normalized spacial score (nSPS) is 14.2. The summed E-state index contributed by atoms with van der Waals surface area (Å²) in [4.78, 5) is 73.0. The minimum Gasteiger partial charge on any atom is -0.462 e. The Morgan fingerprint density at radius 1 is 0.290 bits per heavy atom. The molecular weight excluding hydrogens is 1310 g/mol. The van der Waals surface area contributed by atoms with E-state index in [4.69, 9.17) is 37.0 Å². The van der Waals surface area contributed by atoms with Crippen molar-refractivity contribution in [1.82, 2.24) is 0 Å². The van der Waals surface area contributed by atoms with Crippen LogP contribution in [0.15, 0.2) is 0 Å². The molecule has 0 aromatic rings. The average molecular weight is 1470 g/mol. The van der Waals surface area contributed by atoms with Crippen LogP contribution in [0.1, 0.15) is 421 Å². The summed E-state index contributed by atoms with van der Waals surface area (Å²) in [5.74, 6) is 0.149. The van der Waals surface area contributed by atoms with Crippen LogP contribution >= 0.6 is 15.6 Å². The topological polar surface area (TPSA) is 237 Å². The first-order valence-electron chi connectivity index (χ1n) is 41.9. The molecule has 0 aliphatic heterocycles. The Kier molecular flexibility index (Phi) is 69.9. The number of hydrogen-bond acceptors (Lipinski definition) is 15. The second-order valence-electron chi connectivity index (χ2n) is 30.4. The lowest BCUT2D eigenvalue weighted by molar-refractivity contribution is -0.161. The number of carbonyl (C=O) groups is 4. The molecule has 0 spiro atoms. The van der Waals surface area contributed by atoms with Crippen LogP contribution in [-0.4, -0.2) is 96.7 Å². The van der Waals surface area contributed by atoms with Crippen molar-refractivity contribution < 1.29 is 80.2 Å². The van der Waals surface area contributed by atoms with Gasteiger partial charge in [0.05, 0.1) is 26.4 Å². The molecule has 0 aliphatic carbocycles. The quantitative estimate of drug-likeness (QED) is 0.0222. The number of rotatable bonds is 79. The van der Waals surface area contributed by atoms with E-state index < -0.39 is 97.5 Å². The molecule has 3 N–H and O–H groups in total. The Hall–Kier alpha value is -1.94. The molecule has 594 valence electrons. The van der Waals surface area contributed by atoms with Crippen molar-refractivity contribution in [2.24, 2.45) is 17.8 Å². The zero-order valence-electron chi connectivity index (χ0n) is 65.7. The van der Waals surface area contributed by atoms with Gasteiger partial charge in [-0.2, -0.15) is 0 Å². The van der Waals surface area contributed by atoms with Crippen LogP contribution in [0.2, 0.25) is 0 Å². The minimum atomic E-state index is -4.96. The molecule has 100 heavy (non-hydrogen) atoms. The Labute approximate surface area is 613 Å². The first-order chi connectivity index (χ1) is 48.3. The van der Waals surface area contributed by atoms with E-state index >= 15 is 0 Å². The highest BCUT2D eigenvalue weighted by molar-refractivity contribution is 7.47. The summed E-state index contributed by atoms with van der Waals surface area (Å²) in [7, 11) is -9.92. The van der Waals surface area contributed by atoms with Gasteiger partial charge in [-0.05, 0) is 43.4 Å². The highest BCUT2D eigenvalue weighted by Crippen LogP contribution is 2.45. The van der Waals surface area contributed by atoms with Gasteiger partial charge in [-0.3, -0.25) is 37.3 Å². The lowest BCUT2D eigenvalue weighted by atomic mass is 9.99. The number of esters is 4. The molecular formula is C81H158O17P2. The number of phosphoric ester groups is 2. The van der Waals surface area contributed by atoms with Gasteiger partial charge in [-0.15, -0.1) is 0 Å². The van der Waals surface area contributed by atoms with E-state index in [9.17, 15) is 43.2 Å². The van der Waals surface area contributed by atoms with E-state index in [1.807, 2.05) is 0 Å². The van der Waals surface area contributed by atoms with Crippen molar-refractivity contribution in [2.75, 3.05) is 39.6 Å². The molecule has 0 rings (SSSR count). The van der Waals surface area contributed by atoms with Crippen LogP contribution in [0.5, 0.6) is 0 Å². The smallest absolute Gasteiger partial charge is 0.462 e. The lowest BCUT2D eigenvalue weighted by Crippen LogP contribution is -2.30. The number of aliphatic hydroxyl groups is 1. The van der Waals surface area contributed by atoms with E-state index in [0.29, 0.717) is 31.6 Å². The van der Waals surface area contributed by atoms with Gasteiger partial charge in [0.15, 0.2) is 12.2 Å². The summed E-state index contributed by atoms with van der Waals surface area (Å²) < 4.78 is 68.7. The molecule has 19 heteroatoms. The van der Waals surface area contributed by atoms with Crippen molar-refractivity contribution in [3.63, 3.8) is 0 Å². The Balaban J connectivity index is 5.20. The standard InChI is InChI=1S/C81H158O17P2/c1-8-10-11-12-13-14-15-16-17-18-19-20-21-22-23-24-25-30-36-41-50-57-64-80(85)97-76(68-91-78(83)62-55-48-40-35-29-27-26-28-33-38-45-52-59-72(3)4)70-95-99(87,88)93-66-75(82)67-94-100(89,90)96-71-77(69-92-79(84)63-56-49-44-43-46-53-60-73(5)6)98-81(86)65-58-51-42-37-32-31-34-39-47-54-61-74(7)9-2/h72-77,82H,8-71H2,1-7H3,(H,87,88)(H,89,90)/t74?,75-,76-,77-/m1/s1. The molecule has 0 saturated heterocycles. The number of carbonyl (C=O) groups excluding carboxylic acids is 4. The zero-order chi connectivity index (χ0) is 73.7. The first-order valence-corrected chi connectivity index (χ1v) is 44.9. The average Bonchev–Trinajstić information content (AvgIpc) is 0.908. The highest BCUT2D eigenvalue weighted by atomic mass is 31.2. The summed E-state index contributed by atoms with van der Waals surface area (Å²) in [5, 5.41) is 10.6. The summed E-state index contributed by atoms with van der Waals surface area (Å²) >= 11 is 0. The predicted molar refractivity (Wildman–Crippen MR) is 409 cm³/mol. The van der Waals surface area contributed by atoms with E-state index in [2.05, 4.69) is 48.5 Å². The van der Waals surface area contributed by atoms with Gasteiger partial charge >= 0.3 is 39.5 Å². The van der Waals surface area contributed by atoms with Gasteiger partial charge in [0, 0.05) is 25.7 Å². The van der Waals surface area contributed by atoms with E-state index in [1.54, 1.807) is 0 Å². The Morgan fingerprint density at radius 2 is 0.510 bits per heavy atom. The molecule has 0 aromatic heterocycles. The summed E-state index contributed by atoms with van der Waals surface area (Å²) in [6.45, 7) is 11.9. The van der Waals surface area contributed by atoms with Gasteiger partial charge in [-0.1, -0.05) is 370 Å². The van der Waals surface area contributed by atoms with Crippen molar-refractivity contribution in [3.8, 4) is 0 Å². The van der Waals surface area contributed by atoms with Crippen LogP contribution in [0.3, 0.4) is 0 Å². The Morgan fingerprint density at radius 3 is 0.760 bits per heavy atom. The number of aliphatic hydroxyl groups excluding tert-OH is 1. The molecule has 0 radical (unpaired) electrons. The molecule has 0 aliphatic rings. The largest absolute Gasteiger partial charge is 0.472 e. The third-order valence-electron chi connectivity index (χ3n) is 19.2. The van der Waals surface area contributed by atoms with Crippen LogP contribution in [-0.2, 0) is 65.4 Å². The van der Waals surface area contributed by atoms with Crippen molar-refractivity contribution in [1.29, 1.82) is 0 Å². The minimum absolute atomic E-state index is 0.105. The lowest BCUT2D eigenvalue weighted by Gasteiger charge is -2.21. The number of hydrogen-bond donors (Lipinski definition) is 3. The maximum atomic E-state index is 13.1. The highest BCUT2D eigenvalue weighted by Gasteiger charge is 2.30. The summed E-state index contributed by atoms with van der Waals surface area (Å²) in [6.07, 6.45) is 59.9. The second-order valence-corrected chi connectivity index (χ2v) is 33.3. The van der Waals surface area contributed by atoms with Gasteiger partial charge in [0.25, 0.3) is 0 Å². The molecule has 0 heterocycles. The SMILES string of the molecule is CCCCCCCCCCCCCCCCCCCCCCCCC(=O)O[C@H](COC(=O)CCCCCCCCCCCCCCC(C)C)COP(=O)(O)OC[C@@H](O)COP(=O)(O)OC[C@@H](COC(=O)CCCCCCCCC(C)C)OC(=O)CCCCCCCCCCCCC(C)CC. The third-order valence-corrected chi connectivity index (χ3v) is 21.1. The fourth-order valence-corrected chi connectivity index (χ4v) is 14.0. The van der Waals surface area contributed by atoms with Crippen LogP contribution in [0.25, 0.3) is 0 Å². The molecule has 6 atom stereocenters. The zero-order valence-corrected chi connectivity index (χ0v) is 67.5. The van der Waals surface area contributed by atoms with Gasteiger partial charge in [-0.25, -0.2) is 9.13 Å². The summed E-state index contributed by atoms with van der Waals surface area (Å²) in [6, 6.07) is 0. The van der Waals surface area contributed by atoms with Gasteiger partial charge < -0.3 is 33.8 Å². The van der Waals surface area contributed by atoms with E-state index in [-0.39, 0.29) is 25.7 Å². The fraction of sp³-hybridized carbons (Fsp3) is 0.951. The molecule has 0 aromatic carbocycles. The van der Waals surface area contributed by atoms with Crippen molar-refractivity contribution in [2.45, 2.75) is 439 Å². The number of unbranched alkanes of at least 4 members (excludes halogenated alkanes) is 46. The van der Waals surface area contributed by atoms with E-state index in [1.165, 1.54) is 225 Å². The van der Waals surface area contributed by atoms with Crippen LogP contribution in [0, 0.1) is 17.8 Å². The fourth-order valence-electron chi connectivity index (χ4n) is 12.5. The molecule has 0 amide bonds. The number of phosphoric acid groups is 2.